The molecule has 3 heterocycles. The minimum Gasteiger partial charge on any atom is -0.489 e. The Morgan fingerprint density at radius 2 is 1.85 bits per heavy atom. The lowest BCUT2D eigenvalue weighted by Crippen LogP contribution is -2.39. The second-order valence-electron chi connectivity index (χ2n) is 10.6. The molecule has 1 aliphatic rings. The molecule has 1 atom stereocenters. The van der Waals surface area contributed by atoms with E-state index in [1.54, 1.807) is 29.3 Å². The number of nitrogens with zero attached hydrogens (tertiary/aromatic N) is 4. The summed E-state index contributed by atoms with van der Waals surface area (Å²) in [6, 6.07) is 22.9. The van der Waals surface area contributed by atoms with Crippen LogP contribution in [0.4, 0.5) is 0 Å². The lowest BCUT2D eigenvalue weighted by atomic mass is 9.96. The van der Waals surface area contributed by atoms with Gasteiger partial charge in [0.15, 0.2) is 4.80 Å². The molecule has 232 valence electrons. The van der Waals surface area contributed by atoms with E-state index in [1.807, 2.05) is 103 Å². The summed E-state index contributed by atoms with van der Waals surface area (Å²) < 4.78 is 14.8. The number of esters is 1. The normalized spacial score (nSPS) is 14.5. The van der Waals surface area contributed by atoms with Crippen LogP contribution in [0.3, 0.4) is 0 Å². The van der Waals surface area contributed by atoms with E-state index in [2.05, 4.69) is 6.58 Å². The number of hydrogen-bond donors (Lipinski definition) is 0. The molecule has 0 radical (unpaired) electrons. The number of carbonyl (C=O) groups is 1. The second-order valence-corrected chi connectivity index (χ2v) is 12.5. The summed E-state index contributed by atoms with van der Waals surface area (Å²) in [6.07, 6.45) is 7.49. The number of para-hydroxylation sites is 1. The predicted octanol–water partition coefficient (Wildman–Crippen LogP) is 5.86. The molecule has 46 heavy (non-hydrogen) atoms. The third-order valence-electron chi connectivity index (χ3n) is 7.71. The number of hydrogen-bond acceptors (Lipinski definition) is 8. The molecule has 8 nitrogen and oxygen atoms in total. The van der Waals surface area contributed by atoms with Crippen molar-refractivity contribution in [2.24, 2.45) is 4.99 Å². The van der Waals surface area contributed by atoms with Crippen LogP contribution in [0.1, 0.15) is 29.7 Å². The van der Waals surface area contributed by atoms with E-state index in [0.29, 0.717) is 32.9 Å². The smallest absolute Gasteiger partial charge is 0.338 e. The van der Waals surface area contributed by atoms with Gasteiger partial charge in [-0.3, -0.25) is 9.36 Å². The number of fused-ring (bicyclic) bond motifs is 1. The van der Waals surface area contributed by atoms with Gasteiger partial charge in [0.05, 0.1) is 34.6 Å². The highest BCUT2D eigenvalue weighted by Crippen LogP contribution is 2.32. The summed E-state index contributed by atoms with van der Waals surface area (Å²) in [5.41, 5.74) is 5.60. The van der Waals surface area contributed by atoms with Crippen LogP contribution in [0.15, 0.2) is 118 Å². The molecule has 1 aliphatic heterocycles. The van der Waals surface area contributed by atoms with Crippen molar-refractivity contribution in [1.82, 2.24) is 14.3 Å². The van der Waals surface area contributed by atoms with Gasteiger partial charge in [-0.25, -0.2) is 14.5 Å². The first-order valence-corrected chi connectivity index (χ1v) is 16.6. The van der Waals surface area contributed by atoms with E-state index in [0.717, 1.165) is 38.6 Å². The van der Waals surface area contributed by atoms with E-state index < -0.39 is 12.0 Å². The van der Waals surface area contributed by atoms with Crippen LogP contribution in [-0.4, -0.2) is 40.3 Å². The molecule has 5 aromatic rings. The topological polar surface area (TPSA) is 87.7 Å². The largest absolute Gasteiger partial charge is 0.489 e. The lowest BCUT2D eigenvalue weighted by Gasteiger charge is -2.24. The summed E-state index contributed by atoms with van der Waals surface area (Å²) in [5.74, 6) is 0.250. The van der Waals surface area contributed by atoms with Gasteiger partial charge in [-0.05, 0) is 79.8 Å². The summed E-state index contributed by atoms with van der Waals surface area (Å²) in [6.45, 7) is 7.91. The van der Waals surface area contributed by atoms with Gasteiger partial charge in [0.25, 0.3) is 5.56 Å². The SMILES string of the molecule is C=CCOc1ccc(-c2nn(-c3ccccc3)cc2C=c2sc3n(c2=O)C(c2ccc(SC)cc2)C(C(=O)OC)=C(C)N=3)cc1C. The fourth-order valence-corrected chi connectivity index (χ4v) is 6.92. The van der Waals surface area contributed by atoms with Crippen LogP contribution in [0.5, 0.6) is 5.75 Å². The number of methoxy groups -OCH3 is 1. The summed E-state index contributed by atoms with van der Waals surface area (Å²) in [4.78, 5) is 33.6. The Morgan fingerprint density at radius 3 is 2.52 bits per heavy atom. The molecule has 0 N–H and O–H groups in total. The summed E-state index contributed by atoms with van der Waals surface area (Å²) in [7, 11) is 1.34. The third-order valence-corrected chi connectivity index (χ3v) is 9.44. The van der Waals surface area contributed by atoms with Gasteiger partial charge >= 0.3 is 5.97 Å². The van der Waals surface area contributed by atoms with Crippen molar-refractivity contribution in [3.8, 4) is 22.7 Å². The number of thioether (sulfide) groups is 1. The highest BCUT2D eigenvalue weighted by atomic mass is 32.2. The maximum atomic E-state index is 14.3. The van der Waals surface area contributed by atoms with Crippen LogP contribution < -0.4 is 19.6 Å². The molecule has 0 saturated carbocycles. The lowest BCUT2D eigenvalue weighted by molar-refractivity contribution is -0.136. The van der Waals surface area contributed by atoms with Gasteiger partial charge in [-0.1, -0.05) is 54.3 Å². The van der Waals surface area contributed by atoms with Crippen molar-refractivity contribution in [2.45, 2.75) is 24.8 Å². The monoisotopic (exact) mass is 648 g/mol. The third kappa shape index (κ3) is 5.89. The van der Waals surface area contributed by atoms with Crippen LogP contribution in [-0.2, 0) is 9.53 Å². The number of rotatable bonds is 9. The zero-order chi connectivity index (χ0) is 32.4. The predicted molar refractivity (Wildman–Crippen MR) is 183 cm³/mol. The minimum atomic E-state index is -0.681. The Labute approximate surface area is 274 Å². The van der Waals surface area contributed by atoms with Gasteiger partial charge in [0.1, 0.15) is 18.1 Å². The number of allylic oxidation sites excluding steroid dienone is 1. The fourth-order valence-electron chi connectivity index (χ4n) is 5.47. The molecule has 0 aliphatic carbocycles. The summed E-state index contributed by atoms with van der Waals surface area (Å²) >= 11 is 2.91. The van der Waals surface area contributed by atoms with Crippen LogP contribution >= 0.6 is 23.1 Å². The van der Waals surface area contributed by atoms with Gasteiger partial charge in [0, 0.05) is 22.2 Å². The molecule has 0 bridgehead atoms. The van der Waals surface area contributed by atoms with Crippen molar-refractivity contribution in [1.29, 1.82) is 0 Å². The standard InChI is InChI=1S/C36H32N4O4S2/c1-6-18-44-29-17-14-25(19-22(29)2)32-26(21-39(38-32)27-10-8-7-9-11-27)20-30-34(41)40-33(24-12-15-28(45-5)16-13-24)31(35(42)43-4)23(3)37-36(40)46-30/h6-17,19-21,33H,1,18H2,2-5H3. The van der Waals surface area contributed by atoms with E-state index in [4.69, 9.17) is 19.6 Å². The first kappa shape index (κ1) is 31.1. The maximum Gasteiger partial charge on any atom is 0.338 e. The molecule has 0 amide bonds. The average Bonchev–Trinajstić information content (AvgIpc) is 3.64. The molecule has 0 saturated heterocycles. The van der Waals surface area contributed by atoms with Gasteiger partial charge in [-0.15, -0.1) is 11.8 Å². The molecule has 0 fully saturated rings. The molecule has 2 aromatic heterocycles. The molecular weight excluding hydrogens is 617 g/mol. The molecule has 3 aromatic carbocycles. The van der Waals surface area contributed by atoms with Crippen molar-refractivity contribution in [2.75, 3.05) is 20.0 Å². The Balaban J connectivity index is 1.54. The zero-order valence-corrected chi connectivity index (χ0v) is 27.5. The Kier molecular flexibility index (Phi) is 8.92. The van der Waals surface area contributed by atoms with Crippen LogP contribution in [0, 0.1) is 6.92 Å². The number of aromatic nitrogens is 3. The first-order valence-electron chi connectivity index (χ1n) is 14.6. The zero-order valence-electron chi connectivity index (χ0n) is 25.9. The van der Waals surface area contributed by atoms with Gasteiger partial charge in [-0.2, -0.15) is 5.10 Å². The van der Waals surface area contributed by atoms with Gasteiger partial charge < -0.3 is 9.47 Å². The van der Waals surface area contributed by atoms with E-state index in [9.17, 15) is 9.59 Å². The Morgan fingerprint density at radius 1 is 1.09 bits per heavy atom. The van der Waals surface area contributed by atoms with Gasteiger partial charge in [0.2, 0.25) is 0 Å². The maximum absolute atomic E-state index is 14.3. The summed E-state index contributed by atoms with van der Waals surface area (Å²) in [5, 5.41) is 4.96. The molecule has 0 spiro atoms. The minimum absolute atomic E-state index is 0.251. The molecule has 6 rings (SSSR count). The van der Waals surface area contributed by atoms with Crippen LogP contribution in [0.2, 0.25) is 0 Å². The highest BCUT2D eigenvalue weighted by Gasteiger charge is 2.33. The first-order chi connectivity index (χ1) is 22.3. The van der Waals surface area contributed by atoms with Crippen molar-refractivity contribution in [3.05, 3.63) is 139 Å². The average molecular weight is 649 g/mol. The molecule has 10 heteroatoms. The fraction of sp³-hybridized carbons (Fsp3) is 0.167. The Bertz CT molecular complexity index is 2160. The van der Waals surface area contributed by atoms with Crippen molar-refractivity contribution in [3.63, 3.8) is 0 Å². The molecular formula is C36H32N4O4S2. The van der Waals surface area contributed by atoms with E-state index in [-0.39, 0.29) is 5.56 Å². The number of benzene rings is 3. The number of aryl methyl sites for hydroxylation is 1. The van der Waals surface area contributed by atoms with E-state index >= 15 is 0 Å². The van der Waals surface area contributed by atoms with Crippen LogP contribution in [0.25, 0.3) is 23.0 Å². The number of ether oxygens (including phenoxy) is 2. The second kappa shape index (κ2) is 13.2. The Hall–Kier alpha value is -4.93. The number of carbonyl (C=O) groups excluding carboxylic acids is 1. The van der Waals surface area contributed by atoms with Crippen molar-refractivity contribution >= 4 is 35.1 Å². The molecule has 1 unspecified atom stereocenters. The van der Waals surface area contributed by atoms with Crippen molar-refractivity contribution < 1.29 is 14.3 Å². The highest BCUT2D eigenvalue weighted by molar-refractivity contribution is 7.98. The van der Waals surface area contributed by atoms with E-state index in [1.165, 1.54) is 18.4 Å². The quantitative estimate of drug-likeness (QED) is 0.113. The number of thiazole rings is 1.